The van der Waals surface area contributed by atoms with Gasteiger partial charge in [-0.15, -0.1) is 0 Å². The summed E-state index contributed by atoms with van der Waals surface area (Å²) in [5.74, 6) is -0.237. The first kappa shape index (κ1) is 27.6. The molecule has 34 heavy (non-hydrogen) atoms. The third-order valence-electron chi connectivity index (χ3n) is 5.51. The van der Waals surface area contributed by atoms with E-state index in [9.17, 15) is 14.0 Å². The Morgan fingerprint density at radius 2 is 1.88 bits per heavy atom. The molecule has 0 fully saturated rings. The maximum atomic E-state index is 14.2. The van der Waals surface area contributed by atoms with E-state index in [-0.39, 0.29) is 11.9 Å². The topological polar surface area (TPSA) is 84.2 Å². The van der Waals surface area contributed by atoms with Gasteiger partial charge in [0.2, 0.25) is 5.91 Å². The molecule has 0 aliphatic rings. The number of anilines is 2. The summed E-state index contributed by atoms with van der Waals surface area (Å²) >= 11 is -1.08. The Hall–Kier alpha value is -2.66. The summed E-state index contributed by atoms with van der Waals surface area (Å²) in [6.07, 6.45) is 3.01. The van der Waals surface area contributed by atoms with Gasteiger partial charge in [0.05, 0.1) is 11.6 Å². The van der Waals surface area contributed by atoms with Crippen molar-refractivity contribution in [2.45, 2.75) is 48.8 Å². The van der Waals surface area contributed by atoms with Crippen LogP contribution in [0.25, 0.3) is 0 Å². The predicted molar refractivity (Wildman–Crippen MR) is 137 cm³/mol. The van der Waals surface area contributed by atoms with E-state index in [2.05, 4.69) is 51.7 Å². The number of amides is 1. The monoisotopic (exact) mass is 575 g/mol. The molecular formula is C26H33FN3O3Sb. The van der Waals surface area contributed by atoms with Crippen LogP contribution in [0.1, 0.15) is 37.7 Å². The molecule has 0 bridgehead atoms. The van der Waals surface area contributed by atoms with E-state index in [1.54, 1.807) is 43.5 Å². The first-order chi connectivity index (χ1) is 16.1. The molecule has 1 amide bonds. The molecule has 182 valence electrons. The molecule has 8 heteroatoms. The fraction of sp³-hybridized carbons (Fsp3) is 0.346. The zero-order chi connectivity index (χ0) is 25.3. The zero-order valence-electron chi connectivity index (χ0n) is 20.6. The summed E-state index contributed by atoms with van der Waals surface area (Å²) in [7, 11) is 1.71. The normalized spacial score (nSPS) is 10.9. The van der Waals surface area contributed by atoms with Crippen LogP contribution in [-0.2, 0) is 21.4 Å². The van der Waals surface area contributed by atoms with Gasteiger partial charge in [-0.2, -0.15) is 0 Å². The number of benzene rings is 2. The van der Waals surface area contributed by atoms with Gasteiger partial charge < -0.3 is 9.73 Å². The second-order valence-electron chi connectivity index (χ2n) is 8.35. The van der Waals surface area contributed by atoms with Crippen molar-refractivity contribution in [1.82, 2.24) is 4.98 Å². The Morgan fingerprint density at radius 1 is 1.21 bits per heavy atom. The summed E-state index contributed by atoms with van der Waals surface area (Å²) < 4.78 is 22.3. The fourth-order valence-electron chi connectivity index (χ4n) is 3.13. The van der Waals surface area contributed by atoms with Crippen LogP contribution in [0, 0.1) is 12.7 Å². The van der Waals surface area contributed by atoms with Gasteiger partial charge in [0.25, 0.3) is 0 Å². The van der Waals surface area contributed by atoms with Crippen molar-refractivity contribution in [1.29, 1.82) is 0 Å². The third-order valence-corrected chi connectivity index (χ3v) is 11.6. The standard InChI is InChI=1S/C15H18FN3O2.C8H7O.C2H5.CH3.Sb/c1-9-8-18-14(21-9)19-13(20)15(2,3)11-6-5-10(17-4)7-12(11)16;9-7-6-8-4-2-1-3-5-8;1-2;;/h5-8,17H,1-4H3,(H,18,19,20);2-5,7H,6H2;1H2,2H3;1H3;. The second-order valence-corrected chi connectivity index (χ2v) is 15.6. The van der Waals surface area contributed by atoms with Crippen molar-refractivity contribution in [3.05, 3.63) is 71.4 Å². The van der Waals surface area contributed by atoms with E-state index in [0.29, 0.717) is 23.4 Å². The van der Waals surface area contributed by atoms with Crippen LogP contribution in [0.4, 0.5) is 16.1 Å². The van der Waals surface area contributed by atoms with Crippen LogP contribution in [0.2, 0.25) is 9.24 Å². The number of hydrogen-bond acceptors (Lipinski definition) is 5. The van der Waals surface area contributed by atoms with Crippen LogP contribution < -0.4 is 14.1 Å². The molecule has 0 unspecified atom stereocenters. The van der Waals surface area contributed by atoms with Gasteiger partial charge in [0.1, 0.15) is 11.6 Å². The quantitative estimate of drug-likeness (QED) is 0.296. The number of rotatable bonds is 8. The molecular weight excluding hydrogens is 543 g/mol. The summed E-state index contributed by atoms with van der Waals surface area (Å²) in [6.45, 7) is 7.29. The molecule has 1 heterocycles. The molecule has 3 aromatic rings. The van der Waals surface area contributed by atoms with Crippen molar-refractivity contribution in [2.24, 2.45) is 0 Å². The van der Waals surface area contributed by atoms with Crippen molar-refractivity contribution < 1.29 is 18.4 Å². The first-order valence-electron chi connectivity index (χ1n) is 11.1. The maximum absolute atomic E-state index is 14.2. The number of carbonyl (C=O) groups is 2. The first-order valence-corrected chi connectivity index (χ1v) is 16.7. The molecule has 6 nitrogen and oxygen atoms in total. The molecule has 0 atom stereocenters. The van der Waals surface area contributed by atoms with Crippen LogP contribution in [-0.4, -0.2) is 44.4 Å². The fourth-order valence-corrected chi connectivity index (χ4v) is 6.05. The van der Waals surface area contributed by atoms with Crippen molar-refractivity contribution >= 4 is 47.6 Å². The summed E-state index contributed by atoms with van der Waals surface area (Å²) in [6, 6.07) is 13.4. The number of nitrogens with zero attached hydrogens (tertiary/aromatic N) is 1. The van der Waals surface area contributed by atoms with Crippen LogP contribution in [0.15, 0.2) is 53.1 Å². The molecule has 0 aliphatic heterocycles. The number of aromatic nitrogens is 1. The van der Waals surface area contributed by atoms with Crippen LogP contribution in [0.3, 0.4) is 0 Å². The zero-order valence-corrected chi connectivity index (χ0v) is 23.2. The van der Waals surface area contributed by atoms with Crippen molar-refractivity contribution in [2.75, 3.05) is 17.7 Å². The van der Waals surface area contributed by atoms with Gasteiger partial charge in [-0.25, -0.2) is 9.37 Å². The average Bonchev–Trinajstić information content (AvgIpc) is 3.23. The number of hydrogen-bond donors (Lipinski definition) is 2. The predicted octanol–water partition coefficient (Wildman–Crippen LogP) is 4.86. The number of aldehydes is 1. The minimum atomic E-state index is -1.08. The molecule has 0 aliphatic carbocycles. The van der Waals surface area contributed by atoms with Gasteiger partial charge in [-0.1, -0.05) is 6.07 Å². The summed E-state index contributed by atoms with van der Waals surface area (Å²) in [5, 5.41) is 5.41. The van der Waals surface area contributed by atoms with E-state index in [4.69, 9.17) is 4.42 Å². The van der Waals surface area contributed by atoms with E-state index in [1.165, 1.54) is 16.6 Å². The van der Waals surface area contributed by atoms with Gasteiger partial charge in [-0.3, -0.25) is 10.1 Å². The Bertz CT molecular complexity index is 1100. The van der Waals surface area contributed by atoms with Crippen LogP contribution in [0.5, 0.6) is 0 Å². The number of oxazole rings is 1. The van der Waals surface area contributed by atoms with Gasteiger partial charge >= 0.3 is 93.2 Å². The summed E-state index contributed by atoms with van der Waals surface area (Å²) in [4.78, 5) is 28.9. The Morgan fingerprint density at radius 3 is 2.38 bits per heavy atom. The van der Waals surface area contributed by atoms with Crippen molar-refractivity contribution in [3.8, 4) is 0 Å². The molecule has 2 N–H and O–H groups in total. The number of nitrogens with one attached hydrogen (secondary N) is 2. The molecule has 0 radical (unpaired) electrons. The molecule has 0 saturated heterocycles. The van der Waals surface area contributed by atoms with E-state index in [1.807, 2.05) is 0 Å². The van der Waals surface area contributed by atoms with Gasteiger partial charge in [-0.05, 0) is 32.9 Å². The Balaban J connectivity index is 0.000000270. The van der Waals surface area contributed by atoms with Gasteiger partial charge in [0.15, 0.2) is 0 Å². The molecule has 0 spiro atoms. The minimum absolute atomic E-state index is 0.109. The number of carbonyl (C=O) groups excluding carboxylic acids is 2. The molecule has 0 saturated carbocycles. The van der Waals surface area contributed by atoms with E-state index in [0.717, 1.165) is 11.8 Å². The Kier molecular flexibility index (Phi) is 10.3. The van der Waals surface area contributed by atoms with Crippen LogP contribution >= 0.6 is 0 Å². The SMILES string of the molecule is CNc1ccc(C(C)(C)C(=O)Nc2ncc(C)o2)c(F)c1.C[CH2][Sb]([CH3])[c]1ccc(CC=O)cc1. The molecule has 3 rings (SSSR count). The van der Waals surface area contributed by atoms with Gasteiger partial charge in [0, 0.05) is 18.3 Å². The Labute approximate surface area is 208 Å². The molecule has 2 aromatic carbocycles. The van der Waals surface area contributed by atoms with E-state index < -0.39 is 31.4 Å². The number of halogens is 1. The third kappa shape index (κ3) is 7.42. The van der Waals surface area contributed by atoms with Crippen molar-refractivity contribution in [3.63, 3.8) is 0 Å². The molecule has 1 aromatic heterocycles. The van der Waals surface area contributed by atoms with E-state index >= 15 is 0 Å². The summed E-state index contributed by atoms with van der Waals surface area (Å²) in [5.41, 5.74) is 1.03. The average molecular weight is 576 g/mol. The second kappa shape index (κ2) is 12.7. The number of aryl methyl sites for hydroxylation is 1.